The lowest BCUT2D eigenvalue weighted by Crippen LogP contribution is -2.75. The zero-order valence-electron chi connectivity index (χ0n) is 26.9. The molecule has 0 aliphatic rings. The minimum absolute atomic E-state index is 1.14. The van der Waals surface area contributed by atoms with Gasteiger partial charge in [-0.3, -0.25) is 0 Å². The lowest BCUT2D eigenvalue weighted by molar-refractivity contribution is 1.07. The van der Waals surface area contributed by atoms with Gasteiger partial charge in [0, 0.05) is 29.3 Å². The molecule has 48 heavy (non-hydrogen) atoms. The number of hydrogen-bond acceptors (Lipinski definition) is 0. The summed E-state index contributed by atoms with van der Waals surface area (Å²) in [4.78, 5) is 0. The van der Waals surface area contributed by atoms with Crippen molar-refractivity contribution in [3.63, 3.8) is 0 Å². The second-order valence-corrected chi connectivity index (χ2v) is 16.0. The van der Waals surface area contributed by atoms with Crippen molar-refractivity contribution in [2.45, 2.75) is 6.92 Å². The summed E-state index contributed by atoms with van der Waals surface area (Å²) < 4.78 is 4.77. The average Bonchev–Trinajstić information content (AvgIpc) is 3.78. The Kier molecular flexibility index (Phi) is 7.81. The molecule has 2 heterocycles. The van der Waals surface area contributed by atoms with Crippen LogP contribution in [0.5, 0.6) is 0 Å². The van der Waals surface area contributed by atoms with Crippen LogP contribution in [0.1, 0.15) is 5.56 Å². The number of benzene rings is 6. The molecule has 0 saturated carbocycles. The van der Waals surface area contributed by atoms with Crippen LogP contribution in [0.15, 0.2) is 200 Å². The van der Waals surface area contributed by atoms with Crippen molar-refractivity contribution in [2.24, 2.45) is 0 Å². The maximum absolute atomic E-state index is 2.95. The fourth-order valence-electron chi connectivity index (χ4n) is 7.49. The Morgan fingerprint density at radius 1 is 0.396 bits per heavy atom. The largest absolute Gasteiger partial charge is 0.323 e. The van der Waals surface area contributed by atoms with Gasteiger partial charge in [0.2, 0.25) is 0 Å². The number of para-hydroxylation sites is 2. The molecule has 0 saturated heterocycles. The molecule has 3 heteroatoms. The second kappa shape index (κ2) is 12.7. The van der Waals surface area contributed by atoms with Gasteiger partial charge in [-0.25, -0.2) is 0 Å². The highest BCUT2D eigenvalue weighted by molar-refractivity contribution is 7.20. The Balaban J connectivity index is 1.59. The van der Waals surface area contributed by atoms with E-state index >= 15 is 0 Å². The second-order valence-electron chi connectivity index (χ2n) is 12.2. The number of rotatable bonds is 8. The third-order valence-electron chi connectivity index (χ3n) is 9.49. The number of hydrogen-bond donors (Lipinski definition) is 0. The third-order valence-corrected chi connectivity index (χ3v) is 14.5. The van der Waals surface area contributed by atoms with Gasteiger partial charge in [-0.15, -0.1) is 0 Å². The fraction of sp³-hybridized carbons (Fsp3) is 0.0222. The van der Waals surface area contributed by atoms with Crippen LogP contribution in [0.3, 0.4) is 0 Å². The molecule has 0 fully saturated rings. The minimum Gasteiger partial charge on any atom is -0.323 e. The van der Waals surface area contributed by atoms with Crippen LogP contribution in [0.2, 0.25) is 0 Å². The highest BCUT2D eigenvalue weighted by Gasteiger charge is 2.46. The van der Waals surface area contributed by atoms with Gasteiger partial charge in [-0.1, -0.05) is 158 Å². The SMILES string of the molecule is Cc1c([Si](c2ccccc2)(c2ccccc2)c2ccccc2)c(-c2ccn(-c3ccccc3)c2)n(-c2ccccc2)c1-c1ccccc1. The number of aromatic nitrogens is 2. The molecule has 8 rings (SSSR count). The molecular formula is C45H36N2Si. The molecule has 0 N–H and O–H groups in total. The minimum atomic E-state index is -2.95. The van der Waals surface area contributed by atoms with Gasteiger partial charge in [0.1, 0.15) is 0 Å². The molecule has 6 aromatic carbocycles. The van der Waals surface area contributed by atoms with E-state index in [2.05, 4.69) is 217 Å². The monoisotopic (exact) mass is 632 g/mol. The van der Waals surface area contributed by atoms with Crippen molar-refractivity contribution in [1.29, 1.82) is 0 Å². The van der Waals surface area contributed by atoms with Crippen LogP contribution in [0.25, 0.3) is 33.9 Å². The summed E-state index contributed by atoms with van der Waals surface area (Å²) in [5, 5.41) is 5.48. The quantitative estimate of drug-likeness (QED) is 0.118. The first kappa shape index (κ1) is 29.5. The molecule has 0 atom stereocenters. The van der Waals surface area contributed by atoms with Crippen LogP contribution >= 0.6 is 0 Å². The molecule has 0 bridgehead atoms. The predicted octanol–water partition coefficient (Wildman–Crippen LogP) is 8.29. The maximum atomic E-state index is 2.53. The summed E-state index contributed by atoms with van der Waals surface area (Å²) in [5.41, 5.74) is 8.42. The third kappa shape index (κ3) is 4.97. The standard InChI is InChI=1S/C45H36N2Si/c1-35-43(36-20-8-2-9-21-36)47(39-24-12-4-13-25-39)44(37-32-33-46(34-37)38-22-10-3-11-23-38)45(35)48(40-26-14-5-15-27-40,41-28-16-6-17-29-41)42-30-18-7-19-31-42/h2-34H,1H3. The molecule has 0 aliphatic heterocycles. The molecule has 8 aromatic rings. The molecule has 0 amide bonds. The van der Waals surface area contributed by atoms with Crippen molar-refractivity contribution in [2.75, 3.05) is 0 Å². The lowest BCUT2D eigenvalue weighted by atomic mass is 10.1. The van der Waals surface area contributed by atoms with E-state index in [-0.39, 0.29) is 0 Å². The van der Waals surface area contributed by atoms with E-state index in [1.807, 2.05) is 0 Å². The van der Waals surface area contributed by atoms with Crippen molar-refractivity contribution in [3.8, 4) is 33.9 Å². The molecule has 0 spiro atoms. The van der Waals surface area contributed by atoms with E-state index in [0.29, 0.717) is 0 Å². The van der Waals surface area contributed by atoms with Crippen LogP contribution in [0, 0.1) is 6.92 Å². The first-order valence-electron chi connectivity index (χ1n) is 16.5. The Labute approximate surface area is 283 Å². The van der Waals surface area contributed by atoms with Crippen molar-refractivity contribution >= 4 is 28.8 Å². The van der Waals surface area contributed by atoms with Gasteiger partial charge < -0.3 is 9.13 Å². The van der Waals surface area contributed by atoms with Gasteiger partial charge in [-0.2, -0.15) is 0 Å². The van der Waals surface area contributed by atoms with Gasteiger partial charge in [-0.05, 0) is 69.1 Å². The van der Waals surface area contributed by atoms with E-state index in [9.17, 15) is 0 Å². The topological polar surface area (TPSA) is 9.86 Å². The molecular weight excluding hydrogens is 597 g/mol. The van der Waals surface area contributed by atoms with E-state index in [1.54, 1.807) is 0 Å². The summed E-state index contributed by atoms with van der Waals surface area (Å²) in [5.74, 6) is 0. The zero-order chi connectivity index (χ0) is 32.3. The van der Waals surface area contributed by atoms with Crippen LogP contribution in [0.4, 0.5) is 0 Å². The highest BCUT2D eigenvalue weighted by Crippen LogP contribution is 2.37. The lowest BCUT2D eigenvalue weighted by Gasteiger charge is -2.35. The summed E-state index contributed by atoms with van der Waals surface area (Å²) in [7, 11) is -2.95. The summed E-state index contributed by atoms with van der Waals surface area (Å²) >= 11 is 0. The fourth-order valence-corrected chi connectivity index (χ4v) is 12.7. The highest BCUT2D eigenvalue weighted by atomic mass is 28.3. The molecule has 230 valence electrons. The Morgan fingerprint density at radius 2 is 0.812 bits per heavy atom. The summed E-state index contributed by atoms with van der Waals surface area (Å²) in [6, 6.07) is 68.4. The van der Waals surface area contributed by atoms with Gasteiger partial charge in [0.15, 0.2) is 8.07 Å². The zero-order valence-corrected chi connectivity index (χ0v) is 27.9. The van der Waals surface area contributed by atoms with E-state index < -0.39 is 8.07 Å². The maximum Gasteiger partial charge on any atom is 0.182 e. The Hall–Kier alpha value is -5.90. The Bertz CT molecular complexity index is 2160. The van der Waals surface area contributed by atoms with E-state index in [0.717, 1.165) is 11.4 Å². The van der Waals surface area contributed by atoms with Gasteiger partial charge in [0.25, 0.3) is 0 Å². The van der Waals surface area contributed by atoms with Crippen LogP contribution in [-0.2, 0) is 0 Å². The van der Waals surface area contributed by atoms with Crippen molar-refractivity contribution in [1.82, 2.24) is 9.13 Å². The van der Waals surface area contributed by atoms with Gasteiger partial charge >= 0.3 is 0 Å². The summed E-state index contributed by atoms with van der Waals surface area (Å²) in [6.45, 7) is 2.35. The van der Waals surface area contributed by atoms with Crippen molar-refractivity contribution in [3.05, 3.63) is 206 Å². The van der Waals surface area contributed by atoms with Crippen LogP contribution in [-0.4, -0.2) is 17.2 Å². The summed E-state index contributed by atoms with van der Waals surface area (Å²) in [6.07, 6.45) is 4.51. The first-order valence-corrected chi connectivity index (χ1v) is 18.5. The molecule has 0 radical (unpaired) electrons. The molecule has 2 aromatic heterocycles. The van der Waals surface area contributed by atoms with Gasteiger partial charge in [0.05, 0.1) is 11.4 Å². The molecule has 0 unspecified atom stereocenters. The van der Waals surface area contributed by atoms with E-state index in [4.69, 9.17) is 0 Å². The average molecular weight is 633 g/mol. The Morgan fingerprint density at radius 3 is 1.29 bits per heavy atom. The molecule has 0 aliphatic carbocycles. The molecule has 2 nitrogen and oxygen atoms in total. The normalized spacial score (nSPS) is 11.4. The van der Waals surface area contributed by atoms with E-state index in [1.165, 1.54) is 48.8 Å². The number of nitrogens with zero attached hydrogens (tertiary/aromatic N) is 2. The smallest absolute Gasteiger partial charge is 0.182 e. The predicted molar refractivity (Wildman–Crippen MR) is 204 cm³/mol. The van der Waals surface area contributed by atoms with Crippen molar-refractivity contribution < 1.29 is 0 Å². The van der Waals surface area contributed by atoms with Crippen LogP contribution < -0.4 is 20.7 Å². The first-order chi connectivity index (χ1) is 23.8.